The first-order chi connectivity index (χ1) is 8.22. The molecule has 0 aromatic heterocycles. The van der Waals surface area contributed by atoms with E-state index < -0.39 is 6.10 Å². The first kappa shape index (κ1) is 12.9. The molecule has 3 nitrogen and oxygen atoms in total. The average molecular weight is 301 g/mol. The summed E-state index contributed by atoms with van der Waals surface area (Å²) in [4.78, 5) is 0. The normalized spacial score (nSPS) is 22.2. The lowest BCUT2D eigenvalue weighted by molar-refractivity contribution is -0.0107. The molecule has 1 aliphatic rings. The minimum atomic E-state index is -0.525. The van der Waals surface area contributed by atoms with Crippen LogP contribution in [0.5, 0.6) is 5.75 Å². The van der Waals surface area contributed by atoms with Gasteiger partial charge in [0.15, 0.2) is 0 Å². The quantitative estimate of drug-likeness (QED) is 0.933. The Morgan fingerprint density at radius 1 is 1.53 bits per heavy atom. The highest BCUT2D eigenvalue weighted by Crippen LogP contribution is 2.35. The largest absolute Gasteiger partial charge is 0.496 e. The second kappa shape index (κ2) is 5.85. The van der Waals surface area contributed by atoms with Crippen molar-refractivity contribution in [2.24, 2.45) is 5.92 Å². The van der Waals surface area contributed by atoms with Crippen LogP contribution >= 0.6 is 15.9 Å². The van der Waals surface area contributed by atoms with Crippen LogP contribution in [0.1, 0.15) is 24.5 Å². The molecule has 0 radical (unpaired) electrons. The van der Waals surface area contributed by atoms with Crippen LogP contribution < -0.4 is 4.74 Å². The Bertz CT molecular complexity index is 375. The molecule has 4 heteroatoms. The van der Waals surface area contributed by atoms with Crippen molar-refractivity contribution in [1.29, 1.82) is 0 Å². The van der Waals surface area contributed by atoms with E-state index in [1.165, 1.54) is 0 Å². The van der Waals surface area contributed by atoms with E-state index in [4.69, 9.17) is 9.47 Å². The highest BCUT2D eigenvalue weighted by Gasteiger charge is 2.26. The smallest absolute Gasteiger partial charge is 0.124 e. The molecule has 1 heterocycles. The number of methoxy groups -OCH3 is 1. The standard InChI is InChI=1S/C13H17BrO3/c1-16-12-5-4-10(14)7-11(12)13(15)9-3-2-6-17-8-9/h4-5,7,9,13,15H,2-3,6,8H2,1H3. The molecule has 1 saturated heterocycles. The van der Waals surface area contributed by atoms with Gasteiger partial charge in [-0.1, -0.05) is 15.9 Å². The number of rotatable bonds is 3. The SMILES string of the molecule is COc1ccc(Br)cc1C(O)C1CCCOC1. The summed E-state index contributed by atoms with van der Waals surface area (Å²) in [5.41, 5.74) is 0.831. The molecule has 0 saturated carbocycles. The fraction of sp³-hybridized carbons (Fsp3) is 0.538. The molecule has 0 bridgehead atoms. The lowest BCUT2D eigenvalue weighted by atomic mass is 9.90. The number of hydrogen-bond donors (Lipinski definition) is 1. The van der Waals surface area contributed by atoms with Gasteiger partial charge in [0.1, 0.15) is 5.75 Å². The Labute approximate surface area is 110 Å². The molecule has 0 amide bonds. The van der Waals surface area contributed by atoms with Crippen LogP contribution in [0.2, 0.25) is 0 Å². The maximum atomic E-state index is 10.4. The van der Waals surface area contributed by atoms with Crippen molar-refractivity contribution in [2.45, 2.75) is 18.9 Å². The van der Waals surface area contributed by atoms with Gasteiger partial charge in [-0.25, -0.2) is 0 Å². The molecule has 2 atom stereocenters. The van der Waals surface area contributed by atoms with Gasteiger partial charge in [0.2, 0.25) is 0 Å². The zero-order chi connectivity index (χ0) is 12.3. The minimum Gasteiger partial charge on any atom is -0.496 e. The Morgan fingerprint density at radius 2 is 2.35 bits per heavy atom. The van der Waals surface area contributed by atoms with Gasteiger partial charge in [-0.15, -0.1) is 0 Å². The molecular formula is C13H17BrO3. The second-order valence-corrected chi connectivity index (χ2v) is 5.22. The van der Waals surface area contributed by atoms with Gasteiger partial charge in [0.25, 0.3) is 0 Å². The van der Waals surface area contributed by atoms with Gasteiger partial charge in [-0.2, -0.15) is 0 Å². The Balaban J connectivity index is 2.21. The van der Waals surface area contributed by atoms with Crippen LogP contribution in [0.15, 0.2) is 22.7 Å². The third-order valence-corrected chi connectivity index (χ3v) is 3.65. The molecule has 17 heavy (non-hydrogen) atoms. The second-order valence-electron chi connectivity index (χ2n) is 4.31. The maximum Gasteiger partial charge on any atom is 0.124 e. The lowest BCUT2D eigenvalue weighted by Gasteiger charge is -2.27. The summed E-state index contributed by atoms with van der Waals surface area (Å²) in [5, 5.41) is 10.4. The number of aliphatic hydroxyl groups excluding tert-OH is 1. The van der Waals surface area contributed by atoms with E-state index in [9.17, 15) is 5.11 Å². The molecule has 1 aromatic carbocycles. The molecule has 2 rings (SSSR count). The van der Waals surface area contributed by atoms with E-state index in [0.717, 1.165) is 35.2 Å². The highest BCUT2D eigenvalue weighted by molar-refractivity contribution is 9.10. The van der Waals surface area contributed by atoms with E-state index in [1.54, 1.807) is 7.11 Å². The van der Waals surface area contributed by atoms with Crippen LogP contribution in [-0.4, -0.2) is 25.4 Å². The zero-order valence-corrected chi connectivity index (χ0v) is 11.4. The summed E-state index contributed by atoms with van der Waals surface area (Å²) >= 11 is 3.42. The number of benzene rings is 1. The molecule has 1 aliphatic heterocycles. The van der Waals surface area contributed by atoms with E-state index >= 15 is 0 Å². The van der Waals surface area contributed by atoms with Crippen molar-refractivity contribution in [3.8, 4) is 5.75 Å². The summed E-state index contributed by atoms with van der Waals surface area (Å²) in [5.74, 6) is 0.887. The fourth-order valence-electron chi connectivity index (χ4n) is 2.20. The van der Waals surface area contributed by atoms with Crippen LogP contribution in [0.3, 0.4) is 0 Å². The fourth-order valence-corrected chi connectivity index (χ4v) is 2.58. The van der Waals surface area contributed by atoms with Crippen LogP contribution in [-0.2, 0) is 4.74 Å². The van der Waals surface area contributed by atoms with Crippen molar-refractivity contribution >= 4 is 15.9 Å². The summed E-state index contributed by atoms with van der Waals surface area (Å²) in [6.07, 6.45) is 1.48. The maximum absolute atomic E-state index is 10.4. The predicted molar refractivity (Wildman–Crippen MR) is 69.2 cm³/mol. The predicted octanol–water partition coefficient (Wildman–Crippen LogP) is 2.92. The summed E-state index contributed by atoms with van der Waals surface area (Å²) in [6.45, 7) is 1.43. The minimum absolute atomic E-state index is 0.159. The molecule has 2 unspecified atom stereocenters. The van der Waals surface area contributed by atoms with Crippen molar-refractivity contribution in [1.82, 2.24) is 0 Å². The summed E-state index contributed by atoms with van der Waals surface area (Å²) in [7, 11) is 1.62. The molecule has 0 aliphatic carbocycles. The van der Waals surface area contributed by atoms with Gasteiger partial charge in [-0.3, -0.25) is 0 Å². The topological polar surface area (TPSA) is 38.7 Å². The number of hydrogen-bond acceptors (Lipinski definition) is 3. The lowest BCUT2D eigenvalue weighted by Crippen LogP contribution is -2.24. The Hall–Kier alpha value is -0.580. The van der Waals surface area contributed by atoms with Gasteiger partial charge < -0.3 is 14.6 Å². The van der Waals surface area contributed by atoms with Crippen LogP contribution in [0.4, 0.5) is 0 Å². The van der Waals surface area contributed by atoms with Gasteiger partial charge >= 0.3 is 0 Å². The van der Waals surface area contributed by atoms with E-state index in [1.807, 2.05) is 18.2 Å². The molecule has 1 N–H and O–H groups in total. The Morgan fingerprint density at radius 3 is 3.00 bits per heavy atom. The first-order valence-corrected chi connectivity index (χ1v) is 6.61. The van der Waals surface area contributed by atoms with E-state index in [2.05, 4.69) is 15.9 Å². The van der Waals surface area contributed by atoms with Gasteiger partial charge in [0, 0.05) is 22.6 Å². The highest BCUT2D eigenvalue weighted by atomic mass is 79.9. The molecule has 94 valence electrons. The molecule has 1 aromatic rings. The molecule has 0 spiro atoms. The number of aliphatic hydroxyl groups is 1. The van der Waals surface area contributed by atoms with Crippen molar-refractivity contribution < 1.29 is 14.6 Å². The van der Waals surface area contributed by atoms with E-state index in [0.29, 0.717) is 6.61 Å². The average Bonchev–Trinajstić information content (AvgIpc) is 2.39. The number of halogens is 1. The first-order valence-electron chi connectivity index (χ1n) is 5.81. The molecular weight excluding hydrogens is 284 g/mol. The third kappa shape index (κ3) is 3.00. The molecule has 1 fully saturated rings. The van der Waals surface area contributed by atoms with Gasteiger partial charge in [0.05, 0.1) is 19.8 Å². The summed E-state index contributed by atoms with van der Waals surface area (Å²) in [6, 6.07) is 5.69. The van der Waals surface area contributed by atoms with E-state index in [-0.39, 0.29) is 5.92 Å². The third-order valence-electron chi connectivity index (χ3n) is 3.15. The Kier molecular flexibility index (Phi) is 4.42. The number of ether oxygens (including phenoxy) is 2. The van der Waals surface area contributed by atoms with Crippen LogP contribution in [0, 0.1) is 5.92 Å². The van der Waals surface area contributed by atoms with Gasteiger partial charge in [-0.05, 0) is 31.0 Å². The summed E-state index contributed by atoms with van der Waals surface area (Å²) < 4.78 is 11.7. The zero-order valence-electron chi connectivity index (χ0n) is 9.86. The monoisotopic (exact) mass is 300 g/mol. The van der Waals surface area contributed by atoms with Crippen molar-refractivity contribution in [3.05, 3.63) is 28.2 Å². The van der Waals surface area contributed by atoms with Crippen molar-refractivity contribution in [3.63, 3.8) is 0 Å². The van der Waals surface area contributed by atoms with Crippen molar-refractivity contribution in [2.75, 3.05) is 20.3 Å². The van der Waals surface area contributed by atoms with Crippen LogP contribution in [0.25, 0.3) is 0 Å².